The Morgan fingerprint density at radius 2 is 1.64 bits per heavy atom. The number of amides is 3. The van der Waals surface area contributed by atoms with Crippen molar-refractivity contribution in [3.05, 3.63) is 60.2 Å². The maximum Gasteiger partial charge on any atom is 0.229 e. The highest BCUT2D eigenvalue weighted by molar-refractivity contribution is 5.93. The summed E-state index contributed by atoms with van der Waals surface area (Å²) in [5.74, 6) is -0.343. The molecule has 1 atom stereocenters. The summed E-state index contributed by atoms with van der Waals surface area (Å²) in [6.45, 7) is 2.58. The minimum Gasteiger partial charge on any atom is -0.342 e. The van der Waals surface area contributed by atoms with Crippen molar-refractivity contribution in [3.63, 3.8) is 0 Å². The van der Waals surface area contributed by atoms with Crippen LogP contribution in [0.25, 0.3) is 0 Å². The van der Waals surface area contributed by atoms with Crippen LogP contribution in [0.1, 0.15) is 25.3 Å². The average molecular weight is 379 g/mol. The number of anilines is 2. The Bertz CT molecular complexity index is 834. The van der Waals surface area contributed by atoms with Gasteiger partial charge in [0.2, 0.25) is 17.7 Å². The van der Waals surface area contributed by atoms with E-state index in [9.17, 15) is 14.4 Å². The molecule has 28 heavy (non-hydrogen) atoms. The van der Waals surface area contributed by atoms with Gasteiger partial charge < -0.3 is 15.5 Å². The predicted octanol–water partition coefficient (Wildman–Crippen LogP) is 3.06. The number of carbonyl (C=O) groups excluding carboxylic acids is 3. The molecule has 0 aliphatic carbocycles. The molecule has 3 rings (SSSR count). The number of nitrogens with one attached hydrogen (secondary N) is 2. The molecule has 1 unspecified atom stereocenters. The van der Waals surface area contributed by atoms with Crippen LogP contribution < -0.4 is 10.6 Å². The summed E-state index contributed by atoms with van der Waals surface area (Å²) < 4.78 is 0. The number of piperidine rings is 1. The van der Waals surface area contributed by atoms with Gasteiger partial charge in [0.25, 0.3) is 0 Å². The molecular formula is C22H25N3O3. The Labute approximate surface area is 164 Å². The van der Waals surface area contributed by atoms with Gasteiger partial charge in [0.1, 0.15) is 0 Å². The summed E-state index contributed by atoms with van der Waals surface area (Å²) in [6.07, 6.45) is 1.89. The molecule has 6 heteroatoms. The van der Waals surface area contributed by atoms with E-state index < -0.39 is 0 Å². The monoisotopic (exact) mass is 379 g/mol. The molecule has 6 nitrogen and oxygen atoms in total. The van der Waals surface area contributed by atoms with Crippen molar-refractivity contribution in [2.24, 2.45) is 5.92 Å². The zero-order valence-electron chi connectivity index (χ0n) is 16.0. The number of rotatable bonds is 5. The average Bonchev–Trinajstić information content (AvgIpc) is 2.70. The zero-order chi connectivity index (χ0) is 19.9. The Morgan fingerprint density at radius 1 is 0.964 bits per heavy atom. The van der Waals surface area contributed by atoms with E-state index in [1.807, 2.05) is 42.5 Å². The van der Waals surface area contributed by atoms with Crippen molar-refractivity contribution in [2.45, 2.75) is 26.2 Å². The summed E-state index contributed by atoms with van der Waals surface area (Å²) in [5, 5.41) is 5.64. The predicted molar refractivity (Wildman–Crippen MR) is 109 cm³/mol. The molecule has 3 amide bonds. The largest absolute Gasteiger partial charge is 0.342 e. The third-order valence-corrected chi connectivity index (χ3v) is 4.82. The van der Waals surface area contributed by atoms with Gasteiger partial charge in [0.15, 0.2) is 0 Å². The summed E-state index contributed by atoms with van der Waals surface area (Å²) in [7, 11) is 0. The highest BCUT2D eigenvalue weighted by Crippen LogP contribution is 2.20. The normalized spacial score (nSPS) is 16.3. The molecule has 2 aromatic rings. The van der Waals surface area contributed by atoms with Crippen LogP contribution in [0.5, 0.6) is 0 Å². The molecular weight excluding hydrogens is 354 g/mol. The molecule has 1 saturated heterocycles. The van der Waals surface area contributed by atoms with Gasteiger partial charge in [-0.15, -0.1) is 0 Å². The van der Waals surface area contributed by atoms with Crippen molar-refractivity contribution in [1.82, 2.24) is 4.90 Å². The first-order valence-corrected chi connectivity index (χ1v) is 9.51. The Morgan fingerprint density at radius 3 is 2.32 bits per heavy atom. The topological polar surface area (TPSA) is 78.5 Å². The van der Waals surface area contributed by atoms with Gasteiger partial charge in [-0.05, 0) is 42.7 Å². The molecule has 0 radical (unpaired) electrons. The maximum atomic E-state index is 12.7. The zero-order valence-corrected chi connectivity index (χ0v) is 16.0. The minimum absolute atomic E-state index is 0.0180. The van der Waals surface area contributed by atoms with Crippen molar-refractivity contribution in [3.8, 4) is 0 Å². The van der Waals surface area contributed by atoms with Crippen LogP contribution in [-0.2, 0) is 20.8 Å². The van der Waals surface area contributed by atoms with E-state index in [0.717, 1.165) is 24.1 Å². The van der Waals surface area contributed by atoms with Crippen molar-refractivity contribution >= 4 is 29.1 Å². The fourth-order valence-electron chi connectivity index (χ4n) is 3.38. The fraction of sp³-hybridized carbons (Fsp3) is 0.318. The highest BCUT2D eigenvalue weighted by Gasteiger charge is 2.28. The van der Waals surface area contributed by atoms with Gasteiger partial charge >= 0.3 is 0 Å². The number of hydrogen-bond acceptors (Lipinski definition) is 3. The van der Waals surface area contributed by atoms with Crippen LogP contribution >= 0.6 is 0 Å². The Balaban J connectivity index is 1.55. The lowest BCUT2D eigenvalue weighted by Crippen LogP contribution is -2.44. The van der Waals surface area contributed by atoms with Gasteiger partial charge in [-0.25, -0.2) is 0 Å². The summed E-state index contributed by atoms with van der Waals surface area (Å²) in [6, 6.07) is 16.6. The molecule has 1 aliphatic heterocycles. The molecule has 2 N–H and O–H groups in total. The molecule has 0 bridgehead atoms. The molecule has 1 aliphatic rings. The molecule has 1 heterocycles. The van der Waals surface area contributed by atoms with Gasteiger partial charge in [-0.2, -0.15) is 0 Å². The highest BCUT2D eigenvalue weighted by atomic mass is 16.2. The van der Waals surface area contributed by atoms with E-state index in [2.05, 4.69) is 10.6 Å². The Kier molecular flexibility index (Phi) is 6.42. The first kappa shape index (κ1) is 19.6. The smallest absolute Gasteiger partial charge is 0.229 e. The maximum absolute atomic E-state index is 12.7. The number of likely N-dealkylation sites (tertiary alicyclic amines) is 1. The van der Waals surface area contributed by atoms with E-state index in [4.69, 9.17) is 0 Å². The van der Waals surface area contributed by atoms with Crippen molar-refractivity contribution in [2.75, 3.05) is 23.7 Å². The second-order valence-electron chi connectivity index (χ2n) is 7.09. The summed E-state index contributed by atoms with van der Waals surface area (Å²) in [5.41, 5.74) is 2.37. The van der Waals surface area contributed by atoms with Crippen LogP contribution in [0.4, 0.5) is 11.4 Å². The van der Waals surface area contributed by atoms with Crippen LogP contribution in [0.2, 0.25) is 0 Å². The summed E-state index contributed by atoms with van der Waals surface area (Å²) in [4.78, 5) is 38.1. The number of carbonyl (C=O) groups is 3. The van der Waals surface area contributed by atoms with Crippen LogP contribution in [0.15, 0.2) is 54.6 Å². The van der Waals surface area contributed by atoms with Gasteiger partial charge in [0.05, 0.1) is 12.3 Å². The number of benzene rings is 2. The van der Waals surface area contributed by atoms with E-state index in [1.165, 1.54) is 6.92 Å². The molecule has 1 fully saturated rings. The van der Waals surface area contributed by atoms with Crippen molar-refractivity contribution in [1.29, 1.82) is 0 Å². The number of nitrogens with zero attached hydrogens (tertiary/aromatic N) is 1. The molecule has 2 aromatic carbocycles. The molecule has 0 aromatic heterocycles. The lowest BCUT2D eigenvalue weighted by atomic mass is 9.96. The lowest BCUT2D eigenvalue weighted by molar-refractivity contribution is -0.134. The van der Waals surface area contributed by atoms with E-state index in [0.29, 0.717) is 18.8 Å². The van der Waals surface area contributed by atoms with Gasteiger partial charge in [0, 0.05) is 31.4 Å². The third kappa shape index (κ3) is 5.42. The third-order valence-electron chi connectivity index (χ3n) is 4.82. The van der Waals surface area contributed by atoms with Crippen LogP contribution in [-0.4, -0.2) is 35.7 Å². The quantitative estimate of drug-likeness (QED) is 0.838. The molecule has 0 spiro atoms. The standard InChI is InChI=1S/C22H25N3O3/c1-16(26)23-20-11-9-17(10-12-20)14-21(27)25-13-5-6-18(15-25)22(28)24-19-7-3-2-4-8-19/h2-4,7-12,18H,5-6,13-15H2,1H3,(H,23,26)(H,24,28). The van der Waals surface area contributed by atoms with Crippen LogP contribution in [0, 0.1) is 5.92 Å². The second kappa shape index (κ2) is 9.17. The number of para-hydroxylation sites is 1. The minimum atomic E-state index is -0.194. The summed E-state index contributed by atoms with van der Waals surface area (Å²) >= 11 is 0. The van der Waals surface area contributed by atoms with E-state index in [1.54, 1.807) is 17.0 Å². The van der Waals surface area contributed by atoms with Crippen LogP contribution in [0.3, 0.4) is 0 Å². The first-order chi connectivity index (χ1) is 13.5. The number of hydrogen-bond donors (Lipinski definition) is 2. The lowest BCUT2D eigenvalue weighted by Gasteiger charge is -2.32. The second-order valence-corrected chi connectivity index (χ2v) is 7.09. The van der Waals surface area contributed by atoms with Crippen molar-refractivity contribution < 1.29 is 14.4 Å². The Hall–Kier alpha value is -3.15. The molecule has 146 valence electrons. The van der Waals surface area contributed by atoms with Gasteiger partial charge in [-0.3, -0.25) is 14.4 Å². The van der Waals surface area contributed by atoms with Gasteiger partial charge in [-0.1, -0.05) is 30.3 Å². The van der Waals surface area contributed by atoms with E-state index >= 15 is 0 Å². The first-order valence-electron chi connectivity index (χ1n) is 9.51. The van der Waals surface area contributed by atoms with E-state index in [-0.39, 0.29) is 30.1 Å². The fourth-order valence-corrected chi connectivity index (χ4v) is 3.38. The SMILES string of the molecule is CC(=O)Nc1ccc(CC(=O)N2CCCC(C(=O)Nc3ccccc3)C2)cc1. The molecule has 0 saturated carbocycles.